The van der Waals surface area contributed by atoms with E-state index in [0.717, 1.165) is 22.6 Å². The lowest BCUT2D eigenvalue weighted by Gasteiger charge is -2.13. The van der Waals surface area contributed by atoms with Crippen LogP contribution >= 0.6 is 0 Å². The SMILES string of the molecule is CCOc1ccc(C(=O)[C@H](C)OC(=O)Cc2c(C)nn(-c3ccccc3)c2C)cc1. The van der Waals surface area contributed by atoms with Crippen molar-refractivity contribution in [3.05, 3.63) is 77.1 Å². The van der Waals surface area contributed by atoms with Crippen molar-refractivity contribution in [1.82, 2.24) is 9.78 Å². The molecule has 0 amide bonds. The van der Waals surface area contributed by atoms with Crippen LogP contribution < -0.4 is 4.74 Å². The fourth-order valence-electron chi connectivity index (χ4n) is 3.30. The van der Waals surface area contributed by atoms with Crippen molar-refractivity contribution in [2.24, 2.45) is 0 Å². The van der Waals surface area contributed by atoms with Crippen LogP contribution in [0.1, 0.15) is 41.2 Å². The molecule has 0 spiro atoms. The highest BCUT2D eigenvalue weighted by Gasteiger charge is 2.22. The largest absolute Gasteiger partial charge is 0.494 e. The molecule has 1 heterocycles. The molecule has 156 valence electrons. The number of esters is 1. The van der Waals surface area contributed by atoms with E-state index in [9.17, 15) is 9.59 Å². The topological polar surface area (TPSA) is 70.4 Å². The Bertz CT molecular complexity index is 1020. The fourth-order valence-corrected chi connectivity index (χ4v) is 3.30. The third-order valence-electron chi connectivity index (χ3n) is 4.89. The Morgan fingerprint density at radius 1 is 1.03 bits per heavy atom. The Hall–Kier alpha value is -3.41. The predicted molar refractivity (Wildman–Crippen MR) is 114 cm³/mol. The van der Waals surface area contributed by atoms with Gasteiger partial charge in [0.05, 0.1) is 24.4 Å². The molecule has 1 aromatic heterocycles. The summed E-state index contributed by atoms with van der Waals surface area (Å²) in [5, 5.41) is 4.55. The molecule has 2 aromatic carbocycles. The van der Waals surface area contributed by atoms with Gasteiger partial charge in [-0.15, -0.1) is 0 Å². The lowest BCUT2D eigenvalue weighted by Crippen LogP contribution is -2.25. The first-order chi connectivity index (χ1) is 14.4. The van der Waals surface area contributed by atoms with Crippen LogP contribution in [0.5, 0.6) is 5.75 Å². The number of ether oxygens (including phenoxy) is 2. The minimum atomic E-state index is -0.875. The van der Waals surface area contributed by atoms with Gasteiger partial charge in [-0.25, -0.2) is 4.68 Å². The molecule has 6 heteroatoms. The van der Waals surface area contributed by atoms with Gasteiger partial charge < -0.3 is 9.47 Å². The number of aromatic nitrogens is 2. The molecule has 0 aliphatic rings. The van der Waals surface area contributed by atoms with E-state index in [1.807, 2.05) is 55.8 Å². The third-order valence-corrected chi connectivity index (χ3v) is 4.89. The number of carbonyl (C=O) groups is 2. The second-order valence-electron chi connectivity index (χ2n) is 7.03. The van der Waals surface area contributed by atoms with Gasteiger partial charge in [-0.1, -0.05) is 18.2 Å². The minimum Gasteiger partial charge on any atom is -0.494 e. The molecule has 30 heavy (non-hydrogen) atoms. The average molecular weight is 406 g/mol. The molecule has 0 saturated carbocycles. The molecule has 0 fully saturated rings. The Morgan fingerprint density at radius 2 is 1.70 bits per heavy atom. The first-order valence-electron chi connectivity index (χ1n) is 9.97. The summed E-state index contributed by atoms with van der Waals surface area (Å²) in [6, 6.07) is 16.5. The number of hydrogen-bond acceptors (Lipinski definition) is 5. The maximum atomic E-state index is 12.6. The van der Waals surface area contributed by atoms with Crippen LogP contribution in [-0.4, -0.2) is 34.2 Å². The van der Waals surface area contributed by atoms with E-state index in [1.165, 1.54) is 0 Å². The van der Waals surface area contributed by atoms with Crippen molar-refractivity contribution in [2.75, 3.05) is 6.61 Å². The van der Waals surface area contributed by atoms with Crippen molar-refractivity contribution >= 4 is 11.8 Å². The molecule has 0 bridgehead atoms. The second kappa shape index (κ2) is 9.39. The van der Waals surface area contributed by atoms with Gasteiger partial charge >= 0.3 is 5.97 Å². The highest BCUT2D eigenvalue weighted by Crippen LogP contribution is 2.19. The van der Waals surface area contributed by atoms with Crippen LogP contribution in [0.15, 0.2) is 54.6 Å². The van der Waals surface area contributed by atoms with Crippen molar-refractivity contribution in [1.29, 1.82) is 0 Å². The van der Waals surface area contributed by atoms with E-state index in [-0.39, 0.29) is 12.2 Å². The van der Waals surface area contributed by atoms with Gasteiger partial charge in [0.2, 0.25) is 5.78 Å². The van der Waals surface area contributed by atoms with Gasteiger partial charge in [-0.2, -0.15) is 5.10 Å². The van der Waals surface area contributed by atoms with Gasteiger partial charge in [0.15, 0.2) is 6.10 Å². The van der Waals surface area contributed by atoms with E-state index in [1.54, 1.807) is 31.2 Å². The number of benzene rings is 2. The van der Waals surface area contributed by atoms with Crippen LogP contribution in [-0.2, 0) is 16.0 Å². The van der Waals surface area contributed by atoms with Crippen LogP contribution in [0.4, 0.5) is 0 Å². The molecule has 6 nitrogen and oxygen atoms in total. The maximum absolute atomic E-state index is 12.6. The summed E-state index contributed by atoms with van der Waals surface area (Å²) < 4.78 is 12.6. The summed E-state index contributed by atoms with van der Waals surface area (Å²) in [5.74, 6) is -0.0134. The summed E-state index contributed by atoms with van der Waals surface area (Å²) in [5.41, 5.74) is 3.85. The zero-order valence-corrected chi connectivity index (χ0v) is 17.7. The highest BCUT2D eigenvalue weighted by molar-refractivity contribution is 6.00. The van der Waals surface area contributed by atoms with Crippen molar-refractivity contribution in [2.45, 2.75) is 40.2 Å². The van der Waals surface area contributed by atoms with Crippen LogP contribution in [0.3, 0.4) is 0 Å². The summed E-state index contributed by atoms with van der Waals surface area (Å²) in [6.07, 6.45) is -0.814. The van der Waals surface area contributed by atoms with Crippen molar-refractivity contribution < 1.29 is 19.1 Å². The normalized spacial score (nSPS) is 11.7. The molecular weight excluding hydrogens is 380 g/mol. The minimum absolute atomic E-state index is 0.0609. The third kappa shape index (κ3) is 4.76. The van der Waals surface area contributed by atoms with E-state index < -0.39 is 12.1 Å². The van der Waals surface area contributed by atoms with Crippen molar-refractivity contribution in [3.63, 3.8) is 0 Å². The summed E-state index contributed by atoms with van der Waals surface area (Å²) >= 11 is 0. The number of rotatable bonds is 8. The van der Waals surface area contributed by atoms with Crippen molar-refractivity contribution in [3.8, 4) is 11.4 Å². The molecule has 3 aromatic rings. The van der Waals surface area contributed by atoms with E-state index in [2.05, 4.69) is 5.10 Å². The number of para-hydroxylation sites is 1. The number of ketones is 1. The maximum Gasteiger partial charge on any atom is 0.311 e. The Morgan fingerprint density at radius 3 is 2.33 bits per heavy atom. The standard InChI is InChI=1S/C24H26N2O4/c1-5-29-21-13-11-19(12-14-21)24(28)18(4)30-23(27)15-22-16(2)25-26(17(22)3)20-9-7-6-8-10-20/h6-14,18H,5,15H2,1-4H3/t18-/m0/s1. The predicted octanol–water partition coefficient (Wildman–Crippen LogP) is 4.24. The smallest absolute Gasteiger partial charge is 0.311 e. The second-order valence-corrected chi connectivity index (χ2v) is 7.03. The van der Waals surface area contributed by atoms with E-state index >= 15 is 0 Å². The van der Waals surface area contributed by atoms with Gasteiger partial charge in [-0.05, 0) is 64.1 Å². The van der Waals surface area contributed by atoms with Gasteiger partial charge in [-0.3, -0.25) is 9.59 Å². The first-order valence-corrected chi connectivity index (χ1v) is 9.97. The Balaban J connectivity index is 1.66. The van der Waals surface area contributed by atoms with E-state index in [4.69, 9.17) is 9.47 Å². The summed E-state index contributed by atoms with van der Waals surface area (Å²) in [6.45, 7) is 7.83. The number of hydrogen-bond donors (Lipinski definition) is 0. The molecule has 0 aliphatic carbocycles. The number of carbonyl (C=O) groups excluding carboxylic acids is 2. The lowest BCUT2D eigenvalue weighted by molar-refractivity contribution is -0.145. The number of Topliss-reactive ketones (excluding diaryl/α,β-unsaturated/α-hetero) is 1. The molecular formula is C24H26N2O4. The lowest BCUT2D eigenvalue weighted by atomic mass is 10.1. The summed E-state index contributed by atoms with van der Waals surface area (Å²) in [7, 11) is 0. The molecule has 0 aliphatic heterocycles. The molecule has 0 N–H and O–H groups in total. The molecule has 0 saturated heterocycles. The number of nitrogens with zero attached hydrogens (tertiary/aromatic N) is 2. The molecule has 0 unspecified atom stereocenters. The number of aryl methyl sites for hydroxylation is 1. The molecule has 3 rings (SSSR count). The van der Waals surface area contributed by atoms with Crippen LogP contribution in [0.25, 0.3) is 5.69 Å². The average Bonchev–Trinajstić information content (AvgIpc) is 3.03. The van der Waals surface area contributed by atoms with Crippen LogP contribution in [0, 0.1) is 13.8 Å². The molecule has 1 atom stereocenters. The molecule has 0 radical (unpaired) electrons. The first kappa shape index (κ1) is 21.3. The van der Waals surface area contributed by atoms with E-state index in [0.29, 0.717) is 17.9 Å². The summed E-state index contributed by atoms with van der Waals surface area (Å²) in [4.78, 5) is 25.1. The van der Waals surface area contributed by atoms with Crippen LogP contribution in [0.2, 0.25) is 0 Å². The van der Waals surface area contributed by atoms with Gasteiger partial charge in [0, 0.05) is 16.8 Å². The highest BCUT2D eigenvalue weighted by atomic mass is 16.5. The zero-order valence-electron chi connectivity index (χ0n) is 17.7. The van der Waals surface area contributed by atoms with Gasteiger partial charge in [0.25, 0.3) is 0 Å². The Labute approximate surface area is 176 Å². The quantitative estimate of drug-likeness (QED) is 0.413. The Kier molecular flexibility index (Phi) is 6.67. The van der Waals surface area contributed by atoms with Gasteiger partial charge in [0.1, 0.15) is 5.75 Å². The zero-order chi connectivity index (χ0) is 21.7. The monoisotopic (exact) mass is 406 g/mol. The fraction of sp³-hybridized carbons (Fsp3) is 0.292.